The fourth-order valence-corrected chi connectivity index (χ4v) is 11.3. The van der Waals surface area contributed by atoms with Crippen LogP contribution in [0.5, 0.6) is 0 Å². The Morgan fingerprint density at radius 1 is 1.00 bits per heavy atom. The fraction of sp³-hybridized carbons (Fsp3) is 0.531. The lowest BCUT2D eigenvalue weighted by Crippen LogP contribution is -2.63. The molecule has 2 aliphatic carbocycles. The van der Waals surface area contributed by atoms with E-state index in [0.717, 1.165) is 103 Å². The number of carbonyl (C=O) groups excluding carboxylic acids is 2. The van der Waals surface area contributed by atoms with E-state index in [4.69, 9.17) is 21.4 Å². The minimum absolute atomic E-state index is 0.0322. The van der Waals surface area contributed by atoms with Gasteiger partial charge in [0.2, 0.25) is 6.41 Å². The largest absolute Gasteiger partial charge is 0.404 e. The van der Waals surface area contributed by atoms with Crippen LogP contribution in [-0.2, 0) is 4.79 Å². The van der Waals surface area contributed by atoms with Gasteiger partial charge >= 0.3 is 0 Å². The van der Waals surface area contributed by atoms with Crippen molar-refractivity contribution in [2.75, 3.05) is 44.7 Å². The van der Waals surface area contributed by atoms with E-state index in [1.807, 2.05) is 36.5 Å². The van der Waals surface area contributed by atoms with Gasteiger partial charge in [-0.3, -0.25) is 24.6 Å². The number of piperidine rings is 1. The average Bonchev–Trinajstić information content (AvgIpc) is 3.23. The first kappa shape index (κ1) is 43.1. The fourth-order valence-electron chi connectivity index (χ4n) is 11.3. The van der Waals surface area contributed by atoms with Gasteiger partial charge in [0.15, 0.2) is 0 Å². The van der Waals surface area contributed by atoms with Crippen LogP contribution in [0, 0.1) is 16.2 Å². The number of benzene rings is 2. The lowest BCUT2D eigenvalue weighted by Gasteiger charge is -2.57. The summed E-state index contributed by atoms with van der Waals surface area (Å²) in [5.41, 5.74) is 20.7. The predicted octanol–water partition coefficient (Wildman–Crippen LogP) is 7.36. The van der Waals surface area contributed by atoms with Crippen LogP contribution in [0.25, 0.3) is 22.0 Å². The minimum atomic E-state index is 0.0322. The Balaban J connectivity index is 0.944. The van der Waals surface area contributed by atoms with E-state index in [1.165, 1.54) is 37.6 Å². The molecule has 6 N–H and O–H groups in total. The molecule has 2 aliphatic heterocycles. The lowest BCUT2D eigenvalue weighted by molar-refractivity contribution is -0.109. The Labute approximate surface area is 357 Å². The number of hydrogen-bond acceptors (Lipinski definition) is 9. The van der Waals surface area contributed by atoms with E-state index >= 15 is 0 Å². The summed E-state index contributed by atoms with van der Waals surface area (Å²) in [6.45, 7) is 15.9. The summed E-state index contributed by atoms with van der Waals surface area (Å²) in [5, 5.41) is 8.15. The Morgan fingerprint density at radius 3 is 2.32 bits per heavy atom. The normalized spacial score (nSPS) is 21.7. The summed E-state index contributed by atoms with van der Waals surface area (Å²) in [6, 6.07) is 17.4. The second-order valence-electron chi connectivity index (χ2n) is 19.2. The molecule has 60 heavy (non-hydrogen) atoms. The first-order valence-electron chi connectivity index (χ1n) is 22.2. The summed E-state index contributed by atoms with van der Waals surface area (Å²) < 4.78 is 0. The molecule has 0 atom stereocenters. The van der Waals surface area contributed by atoms with Gasteiger partial charge in [-0.05, 0) is 103 Å². The zero-order valence-electron chi connectivity index (χ0n) is 36.8. The molecule has 4 fully saturated rings. The van der Waals surface area contributed by atoms with Crippen LogP contribution in [0.15, 0.2) is 76.5 Å². The zero-order chi connectivity index (χ0) is 42.7. The Hall–Kier alpha value is -5.03. The third-order valence-corrected chi connectivity index (χ3v) is 14.1. The highest BCUT2D eigenvalue weighted by Crippen LogP contribution is 2.53. The van der Waals surface area contributed by atoms with E-state index in [9.17, 15) is 9.59 Å². The van der Waals surface area contributed by atoms with Gasteiger partial charge in [-0.1, -0.05) is 52.8 Å². The minimum Gasteiger partial charge on any atom is -0.404 e. The van der Waals surface area contributed by atoms with Gasteiger partial charge in [0, 0.05) is 121 Å². The number of likely N-dealkylation sites (tertiary alicyclic amines) is 1. The van der Waals surface area contributed by atoms with Crippen LogP contribution in [0.2, 0.25) is 0 Å². The highest BCUT2D eigenvalue weighted by molar-refractivity contribution is 6.11. The molecule has 11 heteroatoms. The molecule has 3 heterocycles. The van der Waals surface area contributed by atoms with Crippen molar-refractivity contribution >= 4 is 52.0 Å². The van der Waals surface area contributed by atoms with Gasteiger partial charge in [0.1, 0.15) is 0 Å². The number of aliphatic imine (C=N–C) groups is 2. The number of allylic oxidation sites excluding steroid dienone is 2. The van der Waals surface area contributed by atoms with Crippen molar-refractivity contribution < 1.29 is 9.59 Å². The summed E-state index contributed by atoms with van der Waals surface area (Å²) in [5.74, 6) is 0.0322. The summed E-state index contributed by atoms with van der Waals surface area (Å²) >= 11 is 0. The van der Waals surface area contributed by atoms with Crippen molar-refractivity contribution in [1.29, 1.82) is 0 Å². The van der Waals surface area contributed by atoms with Crippen molar-refractivity contribution in [1.82, 2.24) is 20.5 Å². The molecule has 2 aromatic carbocycles. The smallest absolute Gasteiger partial charge is 0.251 e. The van der Waals surface area contributed by atoms with Crippen LogP contribution < -0.4 is 27.0 Å². The van der Waals surface area contributed by atoms with Crippen molar-refractivity contribution in [2.24, 2.45) is 37.7 Å². The summed E-state index contributed by atoms with van der Waals surface area (Å²) in [7, 11) is 1.71. The molecule has 0 bridgehead atoms. The Bertz CT molecular complexity index is 2130. The van der Waals surface area contributed by atoms with Gasteiger partial charge in [-0.25, -0.2) is 0 Å². The number of anilines is 1. The molecule has 320 valence electrons. The van der Waals surface area contributed by atoms with Crippen LogP contribution in [0.4, 0.5) is 5.69 Å². The quantitative estimate of drug-likeness (QED) is 0.0754. The number of rotatable bonds is 14. The molecule has 3 aromatic rings. The van der Waals surface area contributed by atoms with Gasteiger partial charge < -0.3 is 31.9 Å². The molecule has 0 radical (unpaired) electrons. The Kier molecular flexibility index (Phi) is 12.9. The van der Waals surface area contributed by atoms with E-state index in [0.29, 0.717) is 30.1 Å². The van der Waals surface area contributed by atoms with E-state index in [-0.39, 0.29) is 28.8 Å². The van der Waals surface area contributed by atoms with E-state index in [1.54, 1.807) is 13.3 Å². The molecule has 1 aromatic heterocycles. The summed E-state index contributed by atoms with van der Waals surface area (Å²) in [4.78, 5) is 43.8. The van der Waals surface area contributed by atoms with E-state index < -0.39 is 0 Å². The number of nitrogens with one attached hydrogen (secondary N) is 2. The highest BCUT2D eigenvalue weighted by Gasteiger charge is 2.53. The molecule has 7 rings (SSSR count). The number of nitrogens with zero attached hydrogens (tertiary/aromatic N) is 5. The third-order valence-electron chi connectivity index (χ3n) is 14.1. The van der Waals surface area contributed by atoms with Crippen molar-refractivity contribution in [2.45, 2.75) is 111 Å². The molecular weight excluding hydrogens is 747 g/mol. The SMILES string of the molecule is CC/C(C(CCNC=O)=NC1CCN(C2CCC3(CC2)CN(c2ccc(C(=O)NC4C(C)(C)CC4(C)C)cc2)C3)CC1)=C(/N)c1cccc2cc(/C(C=NC)=C/N)ncc12. The van der Waals surface area contributed by atoms with Crippen molar-refractivity contribution in [3.8, 4) is 0 Å². The first-order chi connectivity index (χ1) is 28.8. The highest BCUT2D eigenvalue weighted by atomic mass is 16.1. The second-order valence-corrected chi connectivity index (χ2v) is 19.2. The molecule has 1 spiro atoms. The monoisotopic (exact) mass is 814 g/mol. The van der Waals surface area contributed by atoms with Gasteiger partial charge in [-0.15, -0.1) is 0 Å². The molecule has 4 aliphatic rings. The zero-order valence-corrected chi connectivity index (χ0v) is 36.8. The van der Waals surface area contributed by atoms with Gasteiger partial charge in [0.25, 0.3) is 5.91 Å². The maximum atomic E-state index is 13.1. The molecular formula is C49H67N9O2. The second kappa shape index (κ2) is 17.9. The maximum absolute atomic E-state index is 13.1. The van der Waals surface area contributed by atoms with Gasteiger partial charge in [0.05, 0.1) is 11.7 Å². The number of fused-ring (bicyclic) bond motifs is 1. The molecule has 2 saturated carbocycles. The van der Waals surface area contributed by atoms with Crippen LogP contribution >= 0.6 is 0 Å². The number of aromatic nitrogens is 1. The van der Waals surface area contributed by atoms with Crippen molar-refractivity contribution in [3.63, 3.8) is 0 Å². The lowest BCUT2D eigenvalue weighted by atomic mass is 9.52. The van der Waals surface area contributed by atoms with Gasteiger partial charge in [-0.2, -0.15) is 0 Å². The van der Waals surface area contributed by atoms with E-state index in [2.05, 4.69) is 78.2 Å². The van der Waals surface area contributed by atoms with Crippen LogP contribution in [0.3, 0.4) is 0 Å². The number of hydrogen-bond donors (Lipinski definition) is 4. The average molecular weight is 814 g/mol. The van der Waals surface area contributed by atoms with Crippen molar-refractivity contribution in [3.05, 3.63) is 83.3 Å². The number of pyridine rings is 1. The maximum Gasteiger partial charge on any atom is 0.251 e. The third kappa shape index (κ3) is 9.02. The molecule has 11 nitrogen and oxygen atoms in total. The number of carbonyl (C=O) groups is 2. The standard InChI is InChI=1S/C49H67N9O2/c1-7-39(44(51)40-10-8-9-34-25-43(54-28-41(34)40)35(26-50)27-52-6)42(17-22-53-32-59)55-36-18-23-57(24-19-36)38-15-20-49(21-16-38)30-58(31-49)37-13-11-33(12-14-37)45(60)56-46-47(2,3)29-48(46,4)5/h8-14,25-28,32,36,38,46H,7,15-24,29-31,50-51H2,1-6H3,(H,53,59)(H,56,60)/b35-26+,44-39-,52-27?,55-42?. The Morgan fingerprint density at radius 2 is 1.70 bits per heavy atom. The number of nitrogens with two attached hydrogens (primary N) is 2. The molecule has 0 unspecified atom stereocenters. The predicted molar refractivity (Wildman–Crippen MR) is 247 cm³/mol. The first-order valence-corrected chi connectivity index (χ1v) is 22.2. The summed E-state index contributed by atoms with van der Waals surface area (Å²) in [6.07, 6.45) is 15.3. The number of amides is 2. The molecule has 2 amide bonds. The van der Waals surface area contributed by atoms with Crippen LogP contribution in [-0.4, -0.2) is 92.0 Å². The van der Waals surface area contributed by atoms with Crippen LogP contribution in [0.1, 0.15) is 114 Å². The topological polar surface area (TPSA) is 154 Å². The molecule has 2 saturated heterocycles.